The second-order valence-corrected chi connectivity index (χ2v) is 6.89. The summed E-state index contributed by atoms with van der Waals surface area (Å²) in [6.07, 6.45) is 1.37. The lowest BCUT2D eigenvalue weighted by Gasteiger charge is -2.31. The Kier molecular flexibility index (Phi) is 7.20. The molecule has 120 valence electrons. The van der Waals surface area contributed by atoms with Crippen molar-refractivity contribution in [1.82, 2.24) is 4.90 Å². The van der Waals surface area contributed by atoms with Gasteiger partial charge in [-0.2, -0.15) is 0 Å². The van der Waals surface area contributed by atoms with Crippen molar-refractivity contribution in [3.05, 3.63) is 29.8 Å². The molecule has 21 heavy (non-hydrogen) atoms. The quantitative estimate of drug-likeness (QED) is 0.754. The Bertz CT molecular complexity index is 415. The van der Waals surface area contributed by atoms with Crippen molar-refractivity contribution >= 4 is 0 Å². The molecule has 0 spiro atoms. The summed E-state index contributed by atoms with van der Waals surface area (Å²) in [7, 11) is 0. The van der Waals surface area contributed by atoms with E-state index in [4.69, 9.17) is 10.5 Å². The van der Waals surface area contributed by atoms with Gasteiger partial charge in [-0.25, -0.2) is 0 Å². The first-order chi connectivity index (χ1) is 9.86. The molecular formula is C18H32N2O. The Morgan fingerprint density at radius 3 is 2.57 bits per heavy atom. The number of hydrogen-bond acceptors (Lipinski definition) is 3. The van der Waals surface area contributed by atoms with E-state index in [1.807, 2.05) is 6.07 Å². The molecule has 0 saturated heterocycles. The highest BCUT2D eigenvalue weighted by atomic mass is 16.5. The van der Waals surface area contributed by atoms with Crippen LogP contribution in [0.1, 0.15) is 46.6 Å². The van der Waals surface area contributed by atoms with Gasteiger partial charge in [0.2, 0.25) is 0 Å². The molecule has 0 aliphatic carbocycles. The predicted molar refractivity (Wildman–Crippen MR) is 90.6 cm³/mol. The van der Waals surface area contributed by atoms with Crippen molar-refractivity contribution in [1.29, 1.82) is 0 Å². The summed E-state index contributed by atoms with van der Waals surface area (Å²) < 4.78 is 5.78. The molecule has 0 aliphatic rings. The average Bonchev–Trinajstić information content (AvgIpc) is 2.38. The van der Waals surface area contributed by atoms with Crippen molar-refractivity contribution in [2.75, 3.05) is 19.6 Å². The van der Waals surface area contributed by atoms with E-state index in [2.05, 4.69) is 57.7 Å². The summed E-state index contributed by atoms with van der Waals surface area (Å²) in [4.78, 5) is 2.49. The Labute approximate surface area is 130 Å². The molecule has 0 aliphatic heterocycles. The smallest absolute Gasteiger partial charge is 0.120 e. The van der Waals surface area contributed by atoms with E-state index in [0.29, 0.717) is 6.54 Å². The van der Waals surface area contributed by atoms with Crippen LogP contribution in [0, 0.1) is 5.41 Å². The fraction of sp³-hybridized carbons (Fsp3) is 0.667. The van der Waals surface area contributed by atoms with Crippen LogP contribution in [0.2, 0.25) is 0 Å². The van der Waals surface area contributed by atoms with E-state index >= 15 is 0 Å². The number of rotatable bonds is 9. The maximum absolute atomic E-state index is 5.88. The minimum absolute atomic E-state index is 0.154. The van der Waals surface area contributed by atoms with Gasteiger partial charge in [-0.05, 0) is 56.5 Å². The topological polar surface area (TPSA) is 38.5 Å². The third-order valence-electron chi connectivity index (χ3n) is 3.42. The average molecular weight is 292 g/mol. The Morgan fingerprint density at radius 2 is 2.00 bits per heavy atom. The third kappa shape index (κ3) is 6.96. The van der Waals surface area contributed by atoms with E-state index in [1.165, 1.54) is 5.56 Å². The third-order valence-corrected chi connectivity index (χ3v) is 3.42. The van der Waals surface area contributed by atoms with Gasteiger partial charge in [0.05, 0.1) is 6.10 Å². The van der Waals surface area contributed by atoms with Gasteiger partial charge in [-0.1, -0.05) is 32.9 Å². The van der Waals surface area contributed by atoms with Crippen molar-refractivity contribution in [2.24, 2.45) is 11.1 Å². The molecule has 0 amide bonds. The number of benzene rings is 1. The van der Waals surface area contributed by atoms with E-state index in [9.17, 15) is 0 Å². The van der Waals surface area contributed by atoms with E-state index in [0.717, 1.165) is 31.8 Å². The number of nitrogens with zero attached hydrogens (tertiary/aromatic N) is 1. The molecule has 0 saturated carbocycles. The van der Waals surface area contributed by atoms with Gasteiger partial charge in [0.15, 0.2) is 0 Å². The van der Waals surface area contributed by atoms with Crippen LogP contribution in [-0.2, 0) is 6.54 Å². The van der Waals surface area contributed by atoms with E-state index in [1.54, 1.807) is 0 Å². The second-order valence-electron chi connectivity index (χ2n) is 6.89. The molecule has 1 rings (SSSR count). The van der Waals surface area contributed by atoms with Crippen LogP contribution < -0.4 is 10.5 Å². The molecule has 3 nitrogen and oxygen atoms in total. The lowest BCUT2D eigenvalue weighted by Crippen LogP contribution is -2.38. The van der Waals surface area contributed by atoms with Crippen LogP contribution in [0.4, 0.5) is 0 Å². The highest BCUT2D eigenvalue weighted by Gasteiger charge is 2.20. The largest absolute Gasteiger partial charge is 0.491 e. The number of nitrogens with two attached hydrogens (primary N) is 1. The van der Waals surface area contributed by atoms with Crippen molar-refractivity contribution in [3.63, 3.8) is 0 Å². The van der Waals surface area contributed by atoms with Gasteiger partial charge < -0.3 is 10.5 Å². The first-order valence-corrected chi connectivity index (χ1v) is 8.04. The molecule has 0 heterocycles. The van der Waals surface area contributed by atoms with Crippen molar-refractivity contribution < 1.29 is 4.74 Å². The minimum Gasteiger partial charge on any atom is -0.491 e. The summed E-state index contributed by atoms with van der Waals surface area (Å²) in [6, 6.07) is 8.42. The highest BCUT2D eigenvalue weighted by Crippen LogP contribution is 2.20. The van der Waals surface area contributed by atoms with Gasteiger partial charge in [0.25, 0.3) is 0 Å². The van der Waals surface area contributed by atoms with Crippen LogP contribution in [-0.4, -0.2) is 30.6 Å². The molecule has 0 fully saturated rings. The fourth-order valence-electron chi connectivity index (χ4n) is 2.45. The molecular weight excluding hydrogens is 260 g/mol. The Morgan fingerprint density at radius 1 is 1.29 bits per heavy atom. The first-order valence-electron chi connectivity index (χ1n) is 8.04. The summed E-state index contributed by atoms with van der Waals surface area (Å²) in [6.45, 7) is 14.6. The molecule has 1 aromatic rings. The predicted octanol–water partition coefficient (Wildman–Crippen LogP) is 3.67. The second kappa shape index (κ2) is 8.40. The molecule has 2 N–H and O–H groups in total. The Hall–Kier alpha value is -1.06. The van der Waals surface area contributed by atoms with Gasteiger partial charge in [0, 0.05) is 13.1 Å². The lowest BCUT2D eigenvalue weighted by atomic mass is 9.93. The summed E-state index contributed by atoms with van der Waals surface area (Å²) in [5.74, 6) is 0.956. The normalized spacial score (nSPS) is 12.2. The summed E-state index contributed by atoms with van der Waals surface area (Å²) in [5.41, 5.74) is 7.33. The van der Waals surface area contributed by atoms with Gasteiger partial charge >= 0.3 is 0 Å². The highest BCUT2D eigenvalue weighted by molar-refractivity contribution is 5.28. The summed E-state index contributed by atoms with van der Waals surface area (Å²) in [5, 5.41) is 0. The molecule has 0 bridgehead atoms. The first kappa shape index (κ1) is 18.0. The molecule has 1 aromatic carbocycles. The van der Waals surface area contributed by atoms with Crippen LogP contribution >= 0.6 is 0 Å². The monoisotopic (exact) mass is 292 g/mol. The van der Waals surface area contributed by atoms with Crippen molar-refractivity contribution in [3.8, 4) is 5.75 Å². The van der Waals surface area contributed by atoms with Gasteiger partial charge in [-0.3, -0.25) is 4.90 Å². The van der Waals surface area contributed by atoms with E-state index < -0.39 is 0 Å². The van der Waals surface area contributed by atoms with Gasteiger partial charge in [0.1, 0.15) is 5.75 Å². The molecule has 0 radical (unpaired) electrons. The minimum atomic E-state index is 0.154. The zero-order valence-electron chi connectivity index (χ0n) is 14.4. The standard InChI is InChI=1S/C18H32N2O/c1-6-10-20(14-18(4,5)13-19)12-16-8-7-9-17(11-16)21-15(2)3/h7-9,11,15H,6,10,12-14,19H2,1-5H3. The van der Waals surface area contributed by atoms with Crippen LogP contribution in [0.15, 0.2) is 24.3 Å². The van der Waals surface area contributed by atoms with Gasteiger partial charge in [-0.15, -0.1) is 0 Å². The number of ether oxygens (including phenoxy) is 1. The molecule has 0 unspecified atom stereocenters. The SMILES string of the molecule is CCCN(Cc1cccc(OC(C)C)c1)CC(C)(C)CN. The summed E-state index contributed by atoms with van der Waals surface area (Å²) >= 11 is 0. The maximum Gasteiger partial charge on any atom is 0.120 e. The molecule has 0 atom stereocenters. The van der Waals surface area contributed by atoms with Crippen molar-refractivity contribution in [2.45, 2.75) is 53.7 Å². The van der Waals surface area contributed by atoms with E-state index in [-0.39, 0.29) is 11.5 Å². The fourth-order valence-corrected chi connectivity index (χ4v) is 2.45. The molecule has 3 heteroatoms. The zero-order chi connectivity index (χ0) is 15.9. The van der Waals surface area contributed by atoms with Crippen LogP contribution in [0.25, 0.3) is 0 Å². The van der Waals surface area contributed by atoms with Crippen LogP contribution in [0.3, 0.4) is 0 Å². The molecule has 0 aromatic heterocycles. The number of hydrogen-bond donors (Lipinski definition) is 1. The zero-order valence-corrected chi connectivity index (χ0v) is 14.4. The lowest BCUT2D eigenvalue weighted by molar-refractivity contribution is 0.175. The van der Waals surface area contributed by atoms with Crippen LogP contribution in [0.5, 0.6) is 5.75 Å². The Balaban J connectivity index is 2.74. The maximum atomic E-state index is 5.88.